The highest BCUT2D eigenvalue weighted by Gasteiger charge is 2.30. The fraction of sp³-hybridized carbons (Fsp3) is 0.333. The molecule has 0 aliphatic carbocycles. The molecule has 1 aromatic carbocycles. The molecule has 0 unspecified atom stereocenters. The Balaban J connectivity index is 1.61. The number of hydrogen-bond donors (Lipinski definition) is 0. The number of halogens is 1. The van der Waals surface area contributed by atoms with E-state index in [-0.39, 0.29) is 36.3 Å². The quantitative estimate of drug-likeness (QED) is 0.694. The molecule has 0 radical (unpaired) electrons. The molecule has 4 rings (SSSR count). The number of hydrogen-bond acceptors (Lipinski definition) is 5. The van der Waals surface area contributed by atoms with Crippen LogP contribution in [0.25, 0.3) is 0 Å². The van der Waals surface area contributed by atoms with Crippen molar-refractivity contribution in [1.82, 2.24) is 24.4 Å². The number of aromatic nitrogens is 4. The smallest absolute Gasteiger partial charge is 0.346 e. The van der Waals surface area contributed by atoms with Gasteiger partial charge in [-0.2, -0.15) is 0 Å². The van der Waals surface area contributed by atoms with E-state index >= 15 is 0 Å². The van der Waals surface area contributed by atoms with Gasteiger partial charge in [0.2, 0.25) is 5.82 Å². The average Bonchev–Trinajstić information content (AvgIpc) is 3.12. The summed E-state index contributed by atoms with van der Waals surface area (Å²) in [6, 6.07) is 6.11. The minimum Gasteiger partial charge on any atom is -0.361 e. The molecular formula is C18H18FN5O3. The number of nitrogens with zero attached hydrogens (tertiary/aromatic N) is 5. The van der Waals surface area contributed by atoms with Gasteiger partial charge < -0.3 is 9.42 Å². The fourth-order valence-electron chi connectivity index (χ4n) is 3.25. The molecule has 1 aliphatic heterocycles. The monoisotopic (exact) mass is 371 g/mol. The van der Waals surface area contributed by atoms with E-state index in [0.29, 0.717) is 30.1 Å². The predicted molar refractivity (Wildman–Crippen MR) is 92.7 cm³/mol. The SMILES string of the molecule is Cc1noc(C)c1Cn1nc2n(c1=O)CCN(Cc1cccc(F)c1)C2=O. The van der Waals surface area contributed by atoms with E-state index in [1.165, 1.54) is 21.4 Å². The summed E-state index contributed by atoms with van der Waals surface area (Å²) in [5, 5.41) is 8.10. The average molecular weight is 371 g/mol. The second kappa shape index (κ2) is 6.49. The van der Waals surface area contributed by atoms with Gasteiger partial charge in [-0.15, -0.1) is 5.10 Å². The van der Waals surface area contributed by atoms with Gasteiger partial charge >= 0.3 is 5.69 Å². The van der Waals surface area contributed by atoms with Crippen LogP contribution in [0.3, 0.4) is 0 Å². The maximum absolute atomic E-state index is 13.4. The lowest BCUT2D eigenvalue weighted by atomic mass is 10.2. The van der Waals surface area contributed by atoms with E-state index in [1.54, 1.807) is 30.9 Å². The molecule has 1 amide bonds. The van der Waals surface area contributed by atoms with E-state index in [1.807, 2.05) is 0 Å². The van der Waals surface area contributed by atoms with Crippen molar-refractivity contribution < 1.29 is 13.7 Å². The standard InChI is InChI=1S/C18H18FN5O3/c1-11-15(12(2)27-21-11)10-24-18(26)23-7-6-22(17(25)16(23)20-24)9-13-4-3-5-14(19)8-13/h3-5,8H,6-7,9-10H2,1-2H3. The molecule has 140 valence electrons. The van der Waals surface area contributed by atoms with Crippen molar-refractivity contribution in [3.63, 3.8) is 0 Å². The van der Waals surface area contributed by atoms with Gasteiger partial charge in [-0.25, -0.2) is 13.9 Å². The molecule has 0 saturated heterocycles. The number of amides is 1. The van der Waals surface area contributed by atoms with E-state index < -0.39 is 0 Å². The van der Waals surface area contributed by atoms with Crippen molar-refractivity contribution in [3.05, 3.63) is 69.0 Å². The van der Waals surface area contributed by atoms with Crippen LogP contribution >= 0.6 is 0 Å². The lowest BCUT2D eigenvalue weighted by molar-refractivity contribution is 0.0681. The number of carbonyl (C=O) groups excluding carboxylic acids is 1. The number of benzene rings is 1. The molecule has 2 aromatic heterocycles. The predicted octanol–water partition coefficient (Wildman–Crippen LogP) is 1.49. The number of rotatable bonds is 4. The van der Waals surface area contributed by atoms with Crippen LogP contribution in [-0.4, -0.2) is 36.9 Å². The zero-order valence-electron chi connectivity index (χ0n) is 15.0. The number of fused-ring (bicyclic) bond motifs is 1. The van der Waals surface area contributed by atoms with Gasteiger partial charge in [0, 0.05) is 25.2 Å². The van der Waals surface area contributed by atoms with E-state index in [4.69, 9.17) is 4.52 Å². The summed E-state index contributed by atoms with van der Waals surface area (Å²) in [6.07, 6.45) is 0. The van der Waals surface area contributed by atoms with Crippen molar-refractivity contribution in [3.8, 4) is 0 Å². The van der Waals surface area contributed by atoms with Crippen molar-refractivity contribution in [2.45, 2.75) is 33.5 Å². The molecule has 0 fully saturated rings. The topological polar surface area (TPSA) is 86.2 Å². The van der Waals surface area contributed by atoms with Crippen LogP contribution in [0.5, 0.6) is 0 Å². The van der Waals surface area contributed by atoms with Crippen molar-refractivity contribution in [2.75, 3.05) is 6.54 Å². The first-order chi connectivity index (χ1) is 12.9. The van der Waals surface area contributed by atoms with E-state index in [0.717, 1.165) is 5.56 Å². The minimum atomic E-state index is -0.349. The molecule has 27 heavy (non-hydrogen) atoms. The molecule has 1 aliphatic rings. The first-order valence-corrected chi connectivity index (χ1v) is 8.57. The highest BCUT2D eigenvalue weighted by atomic mass is 19.1. The van der Waals surface area contributed by atoms with Gasteiger partial charge in [0.05, 0.1) is 12.2 Å². The Labute approximate surface area is 153 Å². The highest BCUT2D eigenvalue weighted by Crippen LogP contribution is 2.16. The Kier molecular flexibility index (Phi) is 4.14. The first kappa shape index (κ1) is 17.2. The molecule has 0 atom stereocenters. The van der Waals surface area contributed by atoms with Crippen LogP contribution in [0.4, 0.5) is 4.39 Å². The maximum atomic E-state index is 13.4. The maximum Gasteiger partial charge on any atom is 0.346 e. The largest absolute Gasteiger partial charge is 0.361 e. The third-order valence-electron chi connectivity index (χ3n) is 4.75. The van der Waals surface area contributed by atoms with Crippen LogP contribution in [0.1, 0.15) is 33.2 Å². The van der Waals surface area contributed by atoms with Gasteiger partial charge in [0.1, 0.15) is 11.6 Å². The summed E-state index contributed by atoms with van der Waals surface area (Å²) in [5.74, 6) is 0.0107. The zero-order valence-corrected chi connectivity index (χ0v) is 15.0. The Morgan fingerprint density at radius 3 is 2.70 bits per heavy atom. The van der Waals surface area contributed by atoms with E-state index in [2.05, 4.69) is 10.3 Å². The van der Waals surface area contributed by atoms with E-state index in [9.17, 15) is 14.0 Å². The second-order valence-electron chi connectivity index (χ2n) is 6.57. The zero-order chi connectivity index (χ0) is 19.1. The molecular weight excluding hydrogens is 353 g/mol. The molecule has 9 heteroatoms. The Hall–Kier alpha value is -3.23. The summed E-state index contributed by atoms with van der Waals surface area (Å²) in [5.41, 5.74) is 1.80. The molecule has 8 nitrogen and oxygen atoms in total. The Bertz CT molecular complexity index is 1060. The summed E-state index contributed by atoms with van der Waals surface area (Å²) >= 11 is 0. The van der Waals surface area contributed by atoms with Gasteiger partial charge in [0.15, 0.2) is 0 Å². The van der Waals surface area contributed by atoms with Crippen LogP contribution in [0.2, 0.25) is 0 Å². The molecule has 0 bridgehead atoms. The summed E-state index contributed by atoms with van der Waals surface area (Å²) in [6.45, 7) is 4.72. The second-order valence-corrected chi connectivity index (χ2v) is 6.57. The summed E-state index contributed by atoms with van der Waals surface area (Å²) in [7, 11) is 0. The van der Waals surface area contributed by atoms with Gasteiger partial charge in [-0.05, 0) is 31.5 Å². The Morgan fingerprint density at radius 1 is 1.19 bits per heavy atom. The number of carbonyl (C=O) groups is 1. The fourth-order valence-corrected chi connectivity index (χ4v) is 3.25. The lowest BCUT2D eigenvalue weighted by Crippen LogP contribution is -2.42. The first-order valence-electron chi connectivity index (χ1n) is 8.57. The number of aryl methyl sites for hydroxylation is 2. The van der Waals surface area contributed by atoms with Gasteiger partial charge in [-0.1, -0.05) is 17.3 Å². The van der Waals surface area contributed by atoms with Crippen molar-refractivity contribution >= 4 is 5.91 Å². The third kappa shape index (κ3) is 3.05. The molecule has 0 N–H and O–H groups in total. The highest BCUT2D eigenvalue weighted by molar-refractivity contribution is 5.91. The van der Waals surface area contributed by atoms with Crippen LogP contribution < -0.4 is 5.69 Å². The Morgan fingerprint density at radius 2 is 2.00 bits per heavy atom. The van der Waals surface area contributed by atoms with Crippen molar-refractivity contribution in [2.24, 2.45) is 0 Å². The molecule has 3 heterocycles. The normalized spacial score (nSPS) is 13.9. The molecule has 0 spiro atoms. The van der Waals surface area contributed by atoms with Crippen LogP contribution in [0.15, 0.2) is 33.6 Å². The summed E-state index contributed by atoms with van der Waals surface area (Å²) in [4.78, 5) is 26.9. The van der Waals surface area contributed by atoms with Crippen LogP contribution in [-0.2, 0) is 19.6 Å². The minimum absolute atomic E-state index is 0.0920. The van der Waals surface area contributed by atoms with Crippen LogP contribution in [0, 0.1) is 19.7 Å². The van der Waals surface area contributed by atoms with Gasteiger partial charge in [-0.3, -0.25) is 9.36 Å². The molecule has 0 saturated carbocycles. The van der Waals surface area contributed by atoms with Crippen molar-refractivity contribution in [1.29, 1.82) is 0 Å². The third-order valence-corrected chi connectivity index (χ3v) is 4.75. The lowest BCUT2D eigenvalue weighted by Gasteiger charge is -2.26. The van der Waals surface area contributed by atoms with Gasteiger partial charge in [0.25, 0.3) is 5.91 Å². The molecule has 3 aromatic rings. The summed E-state index contributed by atoms with van der Waals surface area (Å²) < 4.78 is 21.1.